The quantitative estimate of drug-likeness (QED) is 0.810. The Morgan fingerprint density at radius 3 is 2.83 bits per heavy atom. The Morgan fingerprint density at radius 1 is 1.17 bits per heavy atom. The first kappa shape index (κ1) is 19.3. The molecule has 5 rings (SSSR count). The van der Waals surface area contributed by atoms with Gasteiger partial charge in [0.15, 0.2) is 17.8 Å². The molecule has 0 saturated carbocycles. The molecule has 4 atom stereocenters. The topological polar surface area (TPSA) is 87.9 Å². The summed E-state index contributed by atoms with van der Waals surface area (Å²) in [6.07, 6.45) is 3.87. The second-order valence-corrected chi connectivity index (χ2v) is 8.19. The molecule has 8 nitrogen and oxygen atoms in total. The first-order valence-corrected chi connectivity index (χ1v) is 10.6. The Balaban J connectivity index is 1.25. The Hall–Kier alpha value is -2.71. The molecule has 0 radical (unpaired) electrons. The Kier molecular flexibility index (Phi) is 5.26. The van der Waals surface area contributed by atoms with Crippen molar-refractivity contribution in [3.8, 4) is 0 Å². The number of benzene rings is 1. The van der Waals surface area contributed by atoms with Crippen LogP contribution in [-0.4, -0.2) is 71.5 Å². The van der Waals surface area contributed by atoms with Gasteiger partial charge in [0.25, 0.3) is 11.8 Å². The van der Waals surface area contributed by atoms with Gasteiger partial charge in [-0.2, -0.15) is 0 Å². The number of aromatic nitrogens is 1. The average Bonchev–Trinajstić information content (AvgIpc) is 3.54. The number of rotatable bonds is 5. The van der Waals surface area contributed by atoms with E-state index in [1.165, 1.54) is 6.39 Å². The van der Waals surface area contributed by atoms with Crippen LogP contribution in [0.3, 0.4) is 0 Å². The summed E-state index contributed by atoms with van der Waals surface area (Å²) in [7, 11) is 0. The highest BCUT2D eigenvalue weighted by molar-refractivity contribution is 5.95. The lowest BCUT2D eigenvalue weighted by molar-refractivity contribution is 0.0492. The Labute approximate surface area is 175 Å². The molecule has 3 fully saturated rings. The summed E-state index contributed by atoms with van der Waals surface area (Å²) < 4.78 is 11.1. The van der Waals surface area contributed by atoms with Crippen LogP contribution in [0.25, 0.3) is 0 Å². The van der Waals surface area contributed by atoms with Crippen LogP contribution >= 0.6 is 0 Å². The van der Waals surface area contributed by atoms with E-state index in [4.69, 9.17) is 9.15 Å². The number of carbonyl (C=O) groups is 2. The SMILES string of the molecule is O=C(NC[C@H]1CN(C(=O)c2ccccc2)[C@H]2CCN1C2)c1ncoc1[C@H]1CCCO1. The van der Waals surface area contributed by atoms with E-state index < -0.39 is 0 Å². The van der Waals surface area contributed by atoms with Crippen LogP contribution in [0.2, 0.25) is 0 Å². The number of carbonyl (C=O) groups excluding carboxylic acids is 2. The van der Waals surface area contributed by atoms with E-state index in [2.05, 4.69) is 15.2 Å². The molecule has 30 heavy (non-hydrogen) atoms. The zero-order valence-electron chi connectivity index (χ0n) is 16.8. The predicted octanol–water partition coefficient (Wildman–Crippen LogP) is 1.85. The standard InChI is InChI=1S/C22H26N4O4/c27-21(19-20(30-14-24-19)18-7-4-10-29-18)23-11-17-13-26(16-8-9-25(17)12-16)22(28)15-5-2-1-3-6-15/h1-3,5-6,14,16-18H,4,7-13H2,(H,23,27)/t16-,17-,18+/m0/s1. The number of oxazole rings is 1. The number of hydrogen-bond donors (Lipinski definition) is 1. The third-order valence-electron chi connectivity index (χ3n) is 6.37. The number of piperazine rings is 1. The van der Waals surface area contributed by atoms with Crippen molar-refractivity contribution in [1.82, 2.24) is 20.1 Å². The number of nitrogens with zero attached hydrogens (tertiary/aromatic N) is 3. The Morgan fingerprint density at radius 2 is 2.03 bits per heavy atom. The second-order valence-electron chi connectivity index (χ2n) is 8.19. The molecule has 3 saturated heterocycles. The number of nitrogens with one attached hydrogen (secondary N) is 1. The lowest BCUT2D eigenvalue weighted by Gasteiger charge is -2.40. The van der Waals surface area contributed by atoms with E-state index in [9.17, 15) is 9.59 Å². The van der Waals surface area contributed by atoms with Crippen LogP contribution in [-0.2, 0) is 4.74 Å². The maximum absolute atomic E-state index is 13.0. The van der Waals surface area contributed by atoms with Gasteiger partial charge >= 0.3 is 0 Å². The van der Waals surface area contributed by atoms with Crippen molar-refractivity contribution in [2.24, 2.45) is 0 Å². The van der Waals surface area contributed by atoms with Crippen molar-refractivity contribution >= 4 is 11.8 Å². The summed E-state index contributed by atoms with van der Waals surface area (Å²) in [5.41, 5.74) is 1.01. The zero-order chi connectivity index (χ0) is 20.5. The van der Waals surface area contributed by atoms with Crippen LogP contribution in [0.15, 0.2) is 41.1 Å². The molecule has 2 amide bonds. The minimum Gasteiger partial charge on any atom is -0.445 e. The van der Waals surface area contributed by atoms with E-state index in [0.717, 1.165) is 32.4 Å². The fraction of sp³-hybridized carbons (Fsp3) is 0.500. The summed E-state index contributed by atoms with van der Waals surface area (Å²) in [5, 5.41) is 3.00. The summed E-state index contributed by atoms with van der Waals surface area (Å²) in [4.78, 5) is 34.3. The van der Waals surface area contributed by atoms with Gasteiger partial charge < -0.3 is 19.4 Å². The van der Waals surface area contributed by atoms with Gasteiger partial charge in [-0.3, -0.25) is 14.5 Å². The number of amides is 2. The molecule has 0 spiro atoms. The zero-order valence-corrected chi connectivity index (χ0v) is 16.8. The van der Waals surface area contributed by atoms with Gasteiger partial charge in [-0.05, 0) is 31.4 Å². The summed E-state index contributed by atoms with van der Waals surface area (Å²) in [6, 6.07) is 9.73. The molecule has 1 aromatic heterocycles. The third kappa shape index (κ3) is 3.61. The average molecular weight is 410 g/mol. The highest BCUT2D eigenvalue weighted by atomic mass is 16.5. The molecule has 158 valence electrons. The maximum Gasteiger partial charge on any atom is 0.273 e. The fourth-order valence-electron chi connectivity index (χ4n) is 4.77. The van der Waals surface area contributed by atoms with Crippen LogP contribution in [0, 0.1) is 0 Å². The molecule has 3 aliphatic heterocycles. The van der Waals surface area contributed by atoms with Gasteiger partial charge in [-0.1, -0.05) is 18.2 Å². The first-order chi connectivity index (χ1) is 14.7. The molecular formula is C22H26N4O4. The molecule has 2 aromatic rings. The van der Waals surface area contributed by atoms with Crippen molar-refractivity contribution in [1.29, 1.82) is 0 Å². The lowest BCUT2D eigenvalue weighted by atomic mass is 10.1. The molecular weight excluding hydrogens is 384 g/mol. The molecule has 1 N–H and O–H groups in total. The molecule has 1 unspecified atom stereocenters. The molecule has 8 heteroatoms. The van der Waals surface area contributed by atoms with Crippen molar-refractivity contribution in [2.45, 2.75) is 37.5 Å². The van der Waals surface area contributed by atoms with Crippen LogP contribution in [0.1, 0.15) is 52.0 Å². The highest BCUT2D eigenvalue weighted by Crippen LogP contribution is 2.30. The first-order valence-electron chi connectivity index (χ1n) is 10.6. The van der Waals surface area contributed by atoms with Gasteiger partial charge in [0.2, 0.25) is 0 Å². The number of hydrogen-bond acceptors (Lipinski definition) is 6. The lowest BCUT2D eigenvalue weighted by Crippen LogP contribution is -2.57. The molecule has 4 heterocycles. The summed E-state index contributed by atoms with van der Waals surface area (Å²) in [6.45, 7) is 3.53. The number of fused-ring (bicyclic) bond motifs is 2. The van der Waals surface area contributed by atoms with Crippen LogP contribution < -0.4 is 5.32 Å². The predicted molar refractivity (Wildman–Crippen MR) is 108 cm³/mol. The number of ether oxygens (including phenoxy) is 1. The fourth-order valence-corrected chi connectivity index (χ4v) is 4.77. The highest BCUT2D eigenvalue weighted by Gasteiger charge is 2.41. The van der Waals surface area contributed by atoms with Gasteiger partial charge in [0.1, 0.15) is 6.10 Å². The van der Waals surface area contributed by atoms with Crippen LogP contribution in [0.4, 0.5) is 0 Å². The van der Waals surface area contributed by atoms with Crippen molar-refractivity contribution in [2.75, 3.05) is 32.8 Å². The second kappa shape index (κ2) is 8.20. The monoisotopic (exact) mass is 410 g/mol. The van der Waals surface area contributed by atoms with Crippen molar-refractivity contribution in [3.05, 3.63) is 53.7 Å². The third-order valence-corrected chi connectivity index (χ3v) is 6.37. The van der Waals surface area contributed by atoms with Crippen molar-refractivity contribution in [3.63, 3.8) is 0 Å². The minimum absolute atomic E-state index is 0.0654. The van der Waals surface area contributed by atoms with E-state index in [1.54, 1.807) is 0 Å². The molecule has 1 aromatic carbocycles. The summed E-state index contributed by atoms with van der Waals surface area (Å²) >= 11 is 0. The van der Waals surface area contributed by atoms with E-state index in [1.807, 2.05) is 35.2 Å². The van der Waals surface area contributed by atoms with E-state index in [0.29, 0.717) is 36.7 Å². The largest absolute Gasteiger partial charge is 0.445 e. The minimum atomic E-state index is -0.253. The van der Waals surface area contributed by atoms with Crippen LogP contribution in [0.5, 0.6) is 0 Å². The normalized spacial score (nSPS) is 27.9. The van der Waals surface area contributed by atoms with E-state index in [-0.39, 0.29) is 30.0 Å². The molecule has 2 bridgehead atoms. The van der Waals surface area contributed by atoms with Gasteiger partial charge in [0, 0.05) is 50.4 Å². The maximum atomic E-state index is 13.0. The Bertz CT molecular complexity index is 909. The van der Waals surface area contributed by atoms with Gasteiger partial charge in [0.05, 0.1) is 0 Å². The van der Waals surface area contributed by atoms with Gasteiger partial charge in [-0.25, -0.2) is 4.98 Å². The molecule has 0 aliphatic carbocycles. The van der Waals surface area contributed by atoms with E-state index >= 15 is 0 Å². The molecule has 3 aliphatic rings. The van der Waals surface area contributed by atoms with Gasteiger partial charge in [-0.15, -0.1) is 0 Å². The summed E-state index contributed by atoms with van der Waals surface area (Å²) in [5.74, 6) is 0.322. The smallest absolute Gasteiger partial charge is 0.273 e. The van der Waals surface area contributed by atoms with Crippen molar-refractivity contribution < 1.29 is 18.7 Å².